The summed E-state index contributed by atoms with van der Waals surface area (Å²) in [6, 6.07) is 8.18. The van der Waals surface area contributed by atoms with E-state index >= 15 is 0 Å². The van der Waals surface area contributed by atoms with Gasteiger partial charge in [-0.05, 0) is 61.4 Å². The third kappa shape index (κ3) is 7.25. The van der Waals surface area contributed by atoms with E-state index in [-0.39, 0.29) is 0 Å². The summed E-state index contributed by atoms with van der Waals surface area (Å²) >= 11 is 5.90. The number of hydrogen-bond donors (Lipinski definition) is 0. The van der Waals surface area contributed by atoms with Gasteiger partial charge in [-0.15, -0.1) is 5.73 Å². The molecule has 0 aliphatic heterocycles. The molecule has 0 fully saturated rings. The van der Waals surface area contributed by atoms with Crippen LogP contribution in [0.5, 0.6) is 0 Å². The molecule has 0 nitrogen and oxygen atoms in total. The van der Waals surface area contributed by atoms with Gasteiger partial charge in [0.2, 0.25) is 0 Å². The monoisotopic (exact) mass is 276 g/mol. The lowest BCUT2D eigenvalue weighted by Crippen LogP contribution is -1.89. The number of rotatable bonds is 8. The molecule has 1 rings (SSSR count). The van der Waals surface area contributed by atoms with Crippen molar-refractivity contribution in [3.8, 4) is 0 Å². The van der Waals surface area contributed by atoms with Crippen molar-refractivity contribution < 1.29 is 0 Å². The van der Waals surface area contributed by atoms with Crippen molar-refractivity contribution in [3.05, 3.63) is 52.2 Å². The molecule has 0 saturated carbocycles. The van der Waals surface area contributed by atoms with Gasteiger partial charge in [0.1, 0.15) is 0 Å². The normalized spacial score (nSPS) is 10.1. The first kappa shape index (κ1) is 16.1. The van der Waals surface area contributed by atoms with E-state index < -0.39 is 0 Å². The van der Waals surface area contributed by atoms with Crippen LogP contribution in [0.1, 0.15) is 57.9 Å². The molecule has 1 aromatic carbocycles. The Kier molecular flexibility index (Phi) is 8.38. The molecule has 0 heterocycles. The average Bonchev–Trinajstić information content (AvgIpc) is 2.43. The number of allylic oxidation sites excluding steroid dienone is 1. The average molecular weight is 277 g/mol. The van der Waals surface area contributed by atoms with Crippen molar-refractivity contribution in [2.75, 3.05) is 0 Å². The van der Waals surface area contributed by atoms with Crippen LogP contribution in [0.3, 0.4) is 0 Å². The highest BCUT2D eigenvalue weighted by atomic mass is 35.5. The maximum Gasteiger partial charge on any atom is 0.0406 e. The van der Waals surface area contributed by atoms with Gasteiger partial charge in [-0.2, -0.15) is 0 Å². The van der Waals surface area contributed by atoms with Crippen LogP contribution >= 0.6 is 11.6 Å². The van der Waals surface area contributed by atoms with Crippen LogP contribution in [-0.4, -0.2) is 0 Å². The number of benzene rings is 1. The fraction of sp³-hybridized carbons (Fsp3) is 0.500. The smallest absolute Gasteiger partial charge is 0.0406 e. The van der Waals surface area contributed by atoms with Gasteiger partial charge in [-0.25, -0.2) is 0 Å². The molecule has 0 bridgehead atoms. The van der Waals surface area contributed by atoms with Crippen molar-refractivity contribution in [2.45, 2.75) is 58.8 Å². The van der Waals surface area contributed by atoms with Crippen LogP contribution in [0.2, 0.25) is 5.02 Å². The van der Waals surface area contributed by atoms with E-state index in [0.29, 0.717) is 0 Å². The summed E-state index contributed by atoms with van der Waals surface area (Å²) in [4.78, 5) is 0. The predicted molar refractivity (Wildman–Crippen MR) is 85.8 cm³/mol. The Hall–Kier alpha value is -0.970. The Labute approximate surface area is 123 Å². The lowest BCUT2D eigenvalue weighted by molar-refractivity contribution is 0.750. The first-order valence-electron chi connectivity index (χ1n) is 7.43. The molecule has 104 valence electrons. The van der Waals surface area contributed by atoms with Crippen molar-refractivity contribution in [3.63, 3.8) is 0 Å². The zero-order valence-corrected chi connectivity index (χ0v) is 13.0. The zero-order chi connectivity index (χ0) is 13.9. The molecule has 0 N–H and O–H groups in total. The van der Waals surface area contributed by atoms with E-state index in [1.54, 1.807) is 0 Å². The largest absolute Gasteiger partial charge is 0.126 e. The first-order valence-corrected chi connectivity index (χ1v) is 7.81. The van der Waals surface area contributed by atoms with Gasteiger partial charge in [0.05, 0.1) is 0 Å². The van der Waals surface area contributed by atoms with Gasteiger partial charge in [-0.1, -0.05) is 50.4 Å². The molecule has 19 heavy (non-hydrogen) atoms. The van der Waals surface area contributed by atoms with Gasteiger partial charge < -0.3 is 0 Å². The Morgan fingerprint density at radius 3 is 2.47 bits per heavy atom. The highest BCUT2D eigenvalue weighted by Crippen LogP contribution is 2.16. The minimum Gasteiger partial charge on any atom is -0.126 e. The number of halogens is 1. The molecule has 0 aliphatic carbocycles. The molecule has 0 radical (unpaired) electrons. The van der Waals surface area contributed by atoms with Crippen molar-refractivity contribution >= 4 is 11.6 Å². The Balaban J connectivity index is 2.56. The van der Waals surface area contributed by atoms with Crippen molar-refractivity contribution in [2.24, 2.45) is 0 Å². The first-order chi connectivity index (χ1) is 9.26. The van der Waals surface area contributed by atoms with Crippen LogP contribution in [0.15, 0.2) is 41.6 Å². The van der Waals surface area contributed by atoms with E-state index in [9.17, 15) is 0 Å². The Bertz CT molecular complexity index is 408. The van der Waals surface area contributed by atoms with Gasteiger partial charge in [0, 0.05) is 5.02 Å². The fourth-order valence-electron chi connectivity index (χ4n) is 1.97. The summed E-state index contributed by atoms with van der Waals surface area (Å²) in [6.45, 7) is 4.45. The summed E-state index contributed by atoms with van der Waals surface area (Å²) in [6.07, 6.45) is 10.4. The quantitative estimate of drug-likeness (QED) is 0.486. The molecule has 0 saturated heterocycles. The van der Waals surface area contributed by atoms with E-state index in [1.165, 1.54) is 36.8 Å². The second-order valence-corrected chi connectivity index (χ2v) is 5.41. The van der Waals surface area contributed by atoms with E-state index in [4.69, 9.17) is 11.6 Å². The Morgan fingerprint density at radius 1 is 1.11 bits per heavy atom. The molecule has 0 aromatic heterocycles. The SMILES string of the molecule is CCCC=C=C(CCCC)CCc1ccc(Cl)cc1. The highest BCUT2D eigenvalue weighted by Gasteiger charge is 1.99. The zero-order valence-electron chi connectivity index (χ0n) is 12.2. The van der Waals surface area contributed by atoms with Gasteiger partial charge in [0.25, 0.3) is 0 Å². The van der Waals surface area contributed by atoms with Crippen LogP contribution < -0.4 is 0 Å². The summed E-state index contributed by atoms with van der Waals surface area (Å²) < 4.78 is 0. The molecular weight excluding hydrogens is 252 g/mol. The Morgan fingerprint density at radius 2 is 1.84 bits per heavy atom. The van der Waals surface area contributed by atoms with Crippen molar-refractivity contribution in [1.82, 2.24) is 0 Å². The topological polar surface area (TPSA) is 0 Å². The standard InChI is InChI=1S/C18H25Cl/c1-3-5-7-9-16(8-6-4-2)10-11-17-12-14-18(19)15-13-17/h7,12-15H,3-6,8,10-11H2,1-2H3. The minimum atomic E-state index is 0.813. The molecule has 1 aromatic rings. The van der Waals surface area contributed by atoms with E-state index in [1.807, 2.05) is 12.1 Å². The summed E-state index contributed by atoms with van der Waals surface area (Å²) in [5.41, 5.74) is 6.32. The molecule has 0 atom stereocenters. The lowest BCUT2D eigenvalue weighted by Gasteiger charge is -2.05. The maximum absolute atomic E-state index is 5.90. The third-order valence-electron chi connectivity index (χ3n) is 3.20. The van der Waals surface area contributed by atoms with Crippen molar-refractivity contribution in [1.29, 1.82) is 0 Å². The highest BCUT2D eigenvalue weighted by molar-refractivity contribution is 6.30. The van der Waals surface area contributed by atoms with Gasteiger partial charge in [-0.3, -0.25) is 0 Å². The van der Waals surface area contributed by atoms with Gasteiger partial charge in [0.15, 0.2) is 0 Å². The van der Waals surface area contributed by atoms with Crippen LogP contribution in [0.25, 0.3) is 0 Å². The predicted octanol–water partition coefficient (Wildman–Crippen LogP) is 6.34. The van der Waals surface area contributed by atoms with E-state index in [0.717, 1.165) is 24.3 Å². The third-order valence-corrected chi connectivity index (χ3v) is 3.45. The maximum atomic E-state index is 5.90. The molecular formula is C18H25Cl. The summed E-state index contributed by atoms with van der Waals surface area (Å²) in [7, 11) is 0. The van der Waals surface area contributed by atoms with Crippen LogP contribution in [0.4, 0.5) is 0 Å². The fourth-order valence-corrected chi connectivity index (χ4v) is 2.09. The molecule has 1 heteroatoms. The van der Waals surface area contributed by atoms with Gasteiger partial charge >= 0.3 is 0 Å². The molecule has 0 spiro atoms. The second kappa shape index (κ2) is 9.89. The molecule has 0 amide bonds. The van der Waals surface area contributed by atoms with E-state index in [2.05, 4.69) is 37.8 Å². The minimum absolute atomic E-state index is 0.813. The number of aryl methyl sites for hydroxylation is 1. The second-order valence-electron chi connectivity index (χ2n) is 4.97. The molecule has 0 aliphatic rings. The lowest BCUT2D eigenvalue weighted by atomic mass is 10.0. The summed E-state index contributed by atoms with van der Waals surface area (Å²) in [5.74, 6) is 0. The summed E-state index contributed by atoms with van der Waals surface area (Å²) in [5, 5.41) is 0.813. The van der Waals surface area contributed by atoms with Crippen LogP contribution in [-0.2, 0) is 6.42 Å². The molecule has 0 unspecified atom stereocenters. The van der Waals surface area contributed by atoms with Crippen LogP contribution in [0, 0.1) is 0 Å². The number of unbranched alkanes of at least 4 members (excludes halogenated alkanes) is 2. The number of hydrogen-bond acceptors (Lipinski definition) is 0.